The highest BCUT2D eigenvalue weighted by atomic mass is 28.3. The summed E-state index contributed by atoms with van der Waals surface area (Å²) in [4.78, 5) is 0. The minimum Gasteiger partial charge on any atom is -0.461 e. The number of para-hydroxylation sites is 1. The summed E-state index contributed by atoms with van der Waals surface area (Å²) in [6.07, 6.45) is 0. The summed E-state index contributed by atoms with van der Waals surface area (Å²) in [5.41, 5.74) is 2.40. The molecule has 2 aromatic rings. The molecule has 0 aliphatic rings. The van der Waals surface area contributed by atoms with Gasteiger partial charge in [-0.25, -0.2) is 0 Å². The van der Waals surface area contributed by atoms with E-state index in [2.05, 4.69) is 44.8 Å². The Hall–Kier alpha value is -1.02. The highest BCUT2D eigenvalue weighted by Gasteiger charge is 2.22. The molecule has 80 valence electrons. The topological polar surface area (TPSA) is 13.1 Å². The van der Waals surface area contributed by atoms with Crippen LogP contribution in [0.25, 0.3) is 11.0 Å². The second kappa shape index (κ2) is 3.24. The van der Waals surface area contributed by atoms with Crippen LogP contribution in [0.5, 0.6) is 0 Å². The molecule has 2 heteroatoms. The van der Waals surface area contributed by atoms with E-state index >= 15 is 0 Å². The first-order valence-electron chi connectivity index (χ1n) is 5.40. The van der Waals surface area contributed by atoms with E-state index in [0.717, 1.165) is 11.3 Å². The number of hydrogen-bond acceptors (Lipinski definition) is 1. The minimum absolute atomic E-state index is 1.05. The molecule has 1 aromatic carbocycles. The average molecular weight is 218 g/mol. The lowest BCUT2D eigenvalue weighted by Gasteiger charge is -2.16. The SMILES string of the molecule is Cc1oc2c([Si](C)(C)C)cccc2c1C. The van der Waals surface area contributed by atoms with E-state index in [4.69, 9.17) is 4.42 Å². The van der Waals surface area contributed by atoms with Crippen molar-refractivity contribution < 1.29 is 4.42 Å². The Morgan fingerprint density at radius 2 is 1.73 bits per heavy atom. The summed E-state index contributed by atoms with van der Waals surface area (Å²) in [6, 6.07) is 6.53. The van der Waals surface area contributed by atoms with Crippen molar-refractivity contribution in [2.24, 2.45) is 0 Å². The lowest BCUT2D eigenvalue weighted by Crippen LogP contribution is -2.37. The lowest BCUT2D eigenvalue weighted by molar-refractivity contribution is 0.577. The van der Waals surface area contributed by atoms with Crippen LogP contribution in [0.4, 0.5) is 0 Å². The van der Waals surface area contributed by atoms with Crippen molar-refractivity contribution in [1.82, 2.24) is 0 Å². The molecule has 0 atom stereocenters. The largest absolute Gasteiger partial charge is 0.461 e. The Balaban J connectivity index is 2.83. The summed E-state index contributed by atoms with van der Waals surface area (Å²) in [6.45, 7) is 11.2. The smallest absolute Gasteiger partial charge is 0.133 e. The molecule has 1 aromatic heterocycles. The summed E-state index contributed by atoms with van der Waals surface area (Å²) < 4.78 is 5.89. The van der Waals surface area contributed by atoms with E-state index in [1.54, 1.807) is 0 Å². The first-order valence-corrected chi connectivity index (χ1v) is 8.90. The third-order valence-electron chi connectivity index (χ3n) is 3.01. The maximum Gasteiger partial charge on any atom is 0.133 e. The number of rotatable bonds is 1. The van der Waals surface area contributed by atoms with Crippen molar-refractivity contribution in [3.05, 3.63) is 29.5 Å². The normalized spacial score (nSPS) is 12.3. The van der Waals surface area contributed by atoms with Gasteiger partial charge >= 0.3 is 0 Å². The Bertz CT molecular complexity index is 503. The molecule has 0 amide bonds. The van der Waals surface area contributed by atoms with Gasteiger partial charge in [0.15, 0.2) is 0 Å². The van der Waals surface area contributed by atoms with Crippen LogP contribution in [0.15, 0.2) is 22.6 Å². The van der Waals surface area contributed by atoms with Crippen LogP contribution in [-0.4, -0.2) is 8.07 Å². The molecule has 0 N–H and O–H groups in total. The van der Waals surface area contributed by atoms with Crippen molar-refractivity contribution in [1.29, 1.82) is 0 Å². The van der Waals surface area contributed by atoms with Gasteiger partial charge in [0.2, 0.25) is 0 Å². The predicted molar refractivity (Wildman–Crippen MR) is 68.7 cm³/mol. The zero-order valence-corrected chi connectivity index (χ0v) is 11.1. The van der Waals surface area contributed by atoms with Gasteiger partial charge in [-0.1, -0.05) is 37.8 Å². The number of hydrogen-bond donors (Lipinski definition) is 0. The molecule has 0 spiro atoms. The van der Waals surface area contributed by atoms with E-state index in [0.29, 0.717) is 0 Å². The van der Waals surface area contributed by atoms with E-state index in [1.807, 2.05) is 6.92 Å². The van der Waals surface area contributed by atoms with Gasteiger partial charge in [0.1, 0.15) is 11.3 Å². The fourth-order valence-electron chi connectivity index (χ4n) is 1.95. The Morgan fingerprint density at radius 3 is 2.33 bits per heavy atom. The van der Waals surface area contributed by atoms with E-state index in [9.17, 15) is 0 Å². The van der Waals surface area contributed by atoms with Crippen molar-refractivity contribution in [2.45, 2.75) is 33.5 Å². The lowest BCUT2D eigenvalue weighted by atomic mass is 10.1. The van der Waals surface area contributed by atoms with Gasteiger partial charge in [-0.15, -0.1) is 0 Å². The molecule has 0 saturated carbocycles. The molecule has 0 bridgehead atoms. The summed E-state index contributed by atoms with van der Waals surface area (Å²) in [5.74, 6) is 1.05. The van der Waals surface area contributed by atoms with Gasteiger partial charge in [-0.3, -0.25) is 0 Å². The van der Waals surface area contributed by atoms with Gasteiger partial charge in [0.25, 0.3) is 0 Å². The molecular formula is C13H18OSi. The van der Waals surface area contributed by atoms with Crippen LogP contribution in [0.2, 0.25) is 19.6 Å². The molecule has 0 saturated heterocycles. The van der Waals surface area contributed by atoms with Crippen LogP contribution in [0.1, 0.15) is 11.3 Å². The maximum atomic E-state index is 5.89. The minimum atomic E-state index is -1.30. The van der Waals surface area contributed by atoms with Crippen LogP contribution in [0, 0.1) is 13.8 Å². The van der Waals surface area contributed by atoms with Crippen LogP contribution < -0.4 is 5.19 Å². The van der Waals surface area contributed by atoms with Gasteiger partial charge in [0, 0.05) is 5.39 Å². The zero-order valence-electron chi connectivity index (χ0n) is 10.1. The third-order valence-corrected chi connectivity index (χ3v) is 5.02. The average Bonchev–Trinajstić information content (AvgIpc) is 2.41. The summed E-state index contributed by atoms with van der Waals surface area (Å²) in [7, 11) is -1.30. The molecule has 0 radical (unpaired) electrons. The molecule has 15 heavy (non-hydrogen) atoms. The quantitative estimate of drug-likeness (QED) is 0.667. The Labute approximate surface area is 92.1 Å². The van der Waals surface area contributed by atoms with E-state index < -0.39 is 8.07 Å². The monoisotopic (exact) mass is 218 g/mol. The van der Waals surface area contributed by atoms with E-state index in [-0.39, 0.29) is 0 Å². The number of aryl methyl sites for hydroxylation is 2. The Kier molecular flexibility index (Phi) is 2.27. The zero-order chi connectivity index (χ0) is 11.2. The second-order valence-electron chi connectivity index (χ2n) is 5.22. The van der Waals surface area contributed by atoms with Crippen molar-refractivity contribution >= 4 is 24.2 Å². The third kappa shape index (κ3) is 1.63. The number of benzene rings is 1. The van der Waals surface area contributed by atoms with Crippen LogP contribution in [-0.2, 0) is 0 Å². The van der Waals surface area contributed by atoms with E-state index in [1.165, 1.54) is 16.1 Å². The fraction of sp³-hybridized carbons (Fsp3) is 0.385. The molecule has 0 aliphatic carbocycles. The highest BCUT2D eigenvalue weighted by molar-refractivity contribution is 6.90. The molecule has 2 rings (SSSR count). The van der Waals surface area contributed by atoms with Gasteiger partial charge in [-0.05, 0) is 24.6 Å². The molecular weight excluding hydrogens is 200 g/mol. The first-order chi connectivity index (χ1) is 6.91. The van der Waals surface area contributed by atoms with Crippen molar-refractivity contribution in [3.63, 3.8) is 0 Å². The Morgan fingerprint density at radius 1 is 1.07 bits per heavy atom. The van der Waals surface area contributed by atoms with Crippen molar-refractivity contribution in [3.8, 4) is 0 Å². The molecule has 0 aliphatic heterocycles. The van der Waals surface area contributed by atoms with Gasteiger partial charge in [-0.2, -0.15) is 0 Å². The number of furan rings is 1. The maximum absolute atomic E-state index is 5.89. The molecule has 1 heterocycles. The predicted octanol–water partition coefficient (Wildman–Crippen LogP) is 3.59. The second-order valence-corrected chi connectivity index (χ2v) is 10.3. The summed E-state index contributed by atoms with van der Waals surface area (Å²) in [5, 5.41) is 2.71. The van der Waals surface area contributed by atoms with Gasteiger partial charge in [0.05, 0.1) is 8.07 Å². The standard InChI is InChI=1S/C13H18OSi/c1-9-10(2)14-13-11(9)7-6-8-12(13)15(3,4)5/h6-8H,1-5H3. The highest BCUT2D eigenvalue weighted by Crippen LogP contribution is 2.24. The number of fused-ring (bicyclic) bond motifs is 1. The van der Waals surface area contributed by atoms with Crippen LogP contribution in [0.3, 0.4) is 0 Å². The van der Waals surface area contributed by atoms with Gasteiger partial charge < -0.3 is 4.42 Å². The molecule has 1 nitrogen and oxygen atoms in total. The fourth-order valence-corrected chi connectivity index (χ4v) is 3.42. The van der Waals surface area contributed by atoms with Crippen LogP contribution >= 0.6 is 0 Å². The summed E-state index contributed by atoms with van der Waals surface area (Å²) >= 11 is 0. The molecule has 0 fully saturated rings. The first kappa shape index (κ1) is 10.5. The molecule has 0 unspecified atom stereocenters. The van der Waals surface area contributed by atoms with Crippen molar-refractivity contribution in [2.75, 3.05) is 0 Å².